The van der Waals surface area contributed by atoms with E-state index >= 15 is 0 Å². The molecule has 8 nitrogen and oxygen atoms in total. The lowest BCUT2D eigenvalue weighted by atomic mass is 10.1. The number of hydrogen-bond donors (Lipinski definition) is 0. The van der Waals surface area contributed by atoms with Crippen molar-refractivity contribution < 1.29 is 18.7 Å². The molecule has 8 heteroatoms. The van der Waals surface area contributed by atoms with Gasteiger partial charge in [0.15, 0.2) is 6.61 Å². The van der Waals surface area contributed by atoms with E-state index in [9.17, 15) is 14.4 Å². The Morgan fingerprint density at radius 3 is 2.40 bits per heavy atom. The highest BCUT2D eigenvalue weighted by Gasteiger charge is 2.25. The van der Waals surface area contributed by atoms with Crippen LogP contribution in [0.15, 0.2) is 33.5 Å². The van der Waals surface area contributed by atoms with Crippen LogP contribution in [0.2, 0.25) is 0 Å². The van der Waals surface area contributed by atoms with Crippen LogP contribution in [0.5, 0.6) is 5.75 Å². The molecule has 0 unspecified atom stereocenters. The van der Waals surface area contributed by atoms with Crippen molar-refractivity contribution in [2.24, 2.45) is 0 Å². The number of rotatable bonds is 5. The second-order valence-corrected chi connectivity index (χ2v) is 7.94. The number of hydrogen-bond acceptors (Lipinski definition) is 6. The summed E-state index contributed by atoms with van der Waals surface area (Å²) in [6.07, 6.45) is 2.19. The van der Waals surface area contributed by atoms with Gasteiger partial charge in [0.2, 0.25) is 5.91 Å². The zero-order valence-corrected chi connectivity index (χ0v) is 17.3. The van der Waals surface area contributed by atoms with Crippen molar-refractivity contribution >= 4 is 22.8 Å². The van der Waals surface area contributed by atoms with Crippen LogP contribution in [0.4, 0.5) is 0 Å². The lowest BCUT2D eigenvalue weighted by Gasteiger charge is -2.35. The molecule has 0 saturated carbocycles. The molecular formula is C22H27N3O5. The van der Waals surface area contributed by atoms with E-state index in [1.54, 1.807) is 17.0 Å². The monoisotopic (exact) mass is 413 g/mol. The summed E-state index contributed by atoms with van der Waals surface area (Å²) in [7, 11) is 0. The van der Waals surface area contributed by atoms with Gasteiger partial charge in [-0.1, -0.05) is 0 Å². The van der Waals surface area contributed by atoms with Crippen LogP contribution < -0.4 is 10.4 Å². The standard InChI is InChI=1S/C22H27N3O5/c1-16-12-22(28)30-19-13-17(4-5-18(16)19)29-15-21(27)25-10-8-23(9-11-25)14-20(26)24-6-2-3-7-24/h4-5,12-13H,2-3,6-11,14-15H2,1H3. The maximum Gasteiger partial charge on any atom is 0.336 e. The Kier molecular flexibility index (Phi) is 6.03. The predicted octanol–water partition coefficient (Wildman–Crippen LogP) is 1.25. The molecule has 2 aliphatic heterocycles. The van der Waals surface area contributed by atoms with Crippen LogP contribution in [0.25, 0.3) is 11.0 Å². The van der Waals surface area contributed by atoms with Crippen LogP contribution >= 0.6 is 0 Å². The van der Waals surface area contributed by atoms with Gasteiger partial charge in [0, 0.05) is 56.8 Å². The Hall–Kier alpha value is -2.87. The molecule has 160 valence electrons. The van der Waals surface area contributed by atoms with Gasteiger partial charge in [-0.15, -0.1) is 0 Å². The van der Waals surface area contributed by atoms with Crippen LogP contribution in [0.1, 0.15) is 18.4 Å². The highest BCUT2D eigenvalue weighted by molar-refractivity contribution is 5.82. The first kappa shape index (κ1) is 20.4. The summed E-state index contributed by atoms with van der Waals surface area (Å²) in [5.74, 6) is 0.583. The minimum atomic E-state index is -0.408. The number of amides is 2. The number of likely N-dealkylation sites (tertiary alicyclic amines) is 1. The van der Waals surface area contributed by atoms with Gasteiger partial charge in [0.1, 0.15) is 11.3 Å². The summed E-state index contributed by atoms with van der Waals surface area (Å²) < 4.78 is 10.9. The van der Waals surface area contributed by atoms with Crippen LogP contribution in [-0.4, -0.2) is 78.9 Å². The summed E-state index contributed by atoms with van der Waals surface area (Å²) in [6.45, 7) is 6.48. The minimum Gasteiger partial charge on any atom is -0.484 e. The molecule has 0 bridgehead atoms. The molecule has 0 atom stereocenters. The van der Waals surface area contributed by atoms with E-state index in [0.29, 0.717) is 44.1 Å². The third kappa shape index (κ3) is 4.64. The van der Waals surface area contributed by atoms with E-state index < -0.39 is 5.63 Å². The smallest absolute Gasteiger partial charge is 0.336 e. The molecule has 2 fully saturated rings. The molecular weight excluding hydrogens is 386 g/mol. The number of carbonyl (C=O) groups excluding carboxylic acids is 2. The van der Waals surface area contributed by atoms with Crippen molar-refractivity contribution in [3.8, 4) is 5.75 Å². The lowest BCUT2D eigenvalue weighted by molar-refractivity contribution is -0.136. The quantitative estimate of drug-likeness (QED) is 0.686. The summed E-state index contributed by atoms with van der Waals surface area (Å²) in [4.78, 5) is 42.2. The number of nitrogens with zero attached hydrogens (tertiary/aromatic N) is 3. The van der Waals surface area contributed by atoms with Crippen molar-refractivity contribution in [1.29, 1.82) is 0 Å². The Morgan fingerprint density at radius 1 is 0.967 bits per heavy atom. The molecule has 0 radical (unpaired) electrons. The normalized spacial score (nSPS) is 17.5. The average molecular weight is 413 g/mol. The van der Waals surface area contributed by atoms with E-state index in [-0.39, 0.29) is 18.4 Å². The van der Waals surface area contributed by atoms with E-state index in [4.69, 9.17) is 9.15 Å². The third-order valence-corrected chi connectivity index (χ3v) is 5.83. The summed E-state index contributed by atoms with van der Waals surface area (Å²) in [5, 5.41) is 0.841. The lowest BCUT2D eigenvalue weighted by Crippen LogP contribution is -2.52. The zero-order chi connectivity index (χ0) is 21.1. The molecule has 2 aromatic rings. The highest BCUT2D eigenvalue weighted by Crippen LogP contribution is 2.22. The maximum atomic E-state index is 12.5. The molecule has 1 aromatic carbocycles. The number of carbonyl (C=O) groups is 2. The number of fused-ring (bicyclic) bond motifs is 1. The minimum absolute atomic E-state index is 0.0751. The molecule has 3 heterocycles. The van der Waals surface area contributed by atoms with Gasteiger partial charge in [-0.25, -0.2) is 4.79 Å². The van der Waals surface area contributed by atoms with Gasteiger partial charge < -0.3 is 19.0 Å². The van der Waals surface area contributed by atoms with Crippen molar-refractivity contribution in [1.82, 2.24) is 14.7 Å². The zero-order valence-electron chi connectivity index (χ0n) is 17.3. The average Bonchev–Trinajstić information content (AvgIpc) is 3.27. The predicted molar refractivity (Wildman–Crippen MR) is 112 cm³/mol. The van der Waals surface area contributed by atoms with E-state index in [1.807, 2.05) is 17.9 Å². The number of benzene rings is 1. The first-order chi connectivity index (χ1) is 14.5. The van der Waals surface area contributed by atoms with Gasteiger partial charge in [-0.05, 0) is 37.5 Å². The molecule has 2 amide bonds. The fourth-order valence-electron chi connectivity index (χ4n) is 4.04. The molecule has 30 heavy (non-hydrogen) atoms. The van der Waals surface area contributed by atoms with Crippen molar-refractivity contribution in [3.63, 3.8) is 0 Å². The Balaban J connectivity index is 1.26. The maximum absolute atomic E-state index is 12.5. The molecule has 2 aliphatic rings. The molecule has 0 aliphatic carbocycles. The Bertz CT molecular complexity index is 988. The molecule has 0 spiro atoms. The van der Waals surface area contributed by atoms with Gasteiger partial charge in [0.25, 0.3) is 5.91 Å². The molecule has 2 saturated heterocycles. The van der Waals surface area contributed by atoms with E-state index in [2.05, 4.69) is 4.90 Å². The molecule has 0 N–H and O–H groups in total. The number of ether oxygens (including phenoxy) is 1. The first-order valence-corrected chi connectivity index (χ1v) is 10.4. The van der Waals surface area contributed by atoms with Crippen molar-refractivity contribution in [2.75, 3.05) is 52.4 Å². The molecule has 4 rings (SSSR count). The van der Waals surface area contributed by atoms with Crippen molar-refractivity contribution in [3.05, 3.63) is 40.2 Å². The van der Waals surface area contributed by atoms with Gasteiger partial charge >= 0.3 is 5.63 Å². The number of piperazine rings is 1. The second-order valence-electron chi connectivity index (χ2n) is 7.94. The van der Waals surface area contributed by atoms with Crippen LogP contribution in [-0.2, 0) is 9.59 Å². The first-order valence-electron chi connectivity index (χ1n) is 10.4. The fourth-order valence-corrected chi connectivity index (χ4v) is 4.04. The molecule has 1 aromatic heterocycles. The summed E-state index contributed by atoms with van der Waals surface area (Å²) in [5.41, 5.74) is 0.875. The van der Waals surface area contributed by atoms with Crippen LogP contribution in [0, 0.1) is 6.92 Å². The summed E-state index contributed by atoms with van der Waals surface area (Å²) in [6, 6.07) is 6.68. The van der Waals surface area contributed by atoms with Crippen LogP contribution in [0.3, 0.4) is 0 Å². The topological polar surface area (TPSA) is 83.3 Å². The second kappa shape index (κ2) is 8.87. The van der Waals surface area contributed by atoms with Gasteiger partial charge in [-0.2, -0.15) is 0 Å². The van der Waals surface area contributed by atoms with E-state index in [0.717, 1.165) is 36.9 Å². The van der Waals surface area contributed by atoms with Gasteiger partial charge in [-0.3, -0.25) is 14.5 Å². The Labute approximate surface area is 175 Å². The van der Waals surface area contributed by atoms with E-state index in [1.165, 1.54) is 6.07 Å². The number of aryl methyl sites for hydroxylation is 1. The fraction of sp³-hybridized carbons (Fsp3) is 0.500. The Morgan fingerprint density at radius 2 is 1.67 bits per heavy atom. The van der Waals surface area contributed by atoms with Crippen molar-refractivity contribution in [2.45, 2.75) is 19.8 Å². The summed E-state index contributed by atoms with van der Waals surface area (Å²) >= 11 is 0. The largest absolute Gasteiger partial charge is 0.484 e. The SMILES string of the molecule is Cc1cc(=O)oc2cc(OCC(=O)N3CCN(CC(=O)N4CCCC4)CC3)ccc12. The third-order valence-electron chi connectivity index (χ3n) is 5.83. The van der Waals surface area contributed by atoms with Gasteiger partial charge in [0.05, 0.1) is 6.54 Å². The highest BCUT2D eigenvalue weighted by atomic mass is 16.5.